The number of halogens is 1. The average molecular weight is 326 g/mol. The fourth-order valence-electron chi connectivity index (χ4n) is 2.37. The molecule has 2 aromatic rings. The molecule has 0 radical (unpaired) electrons. The van der Waals surface area contributed by atoms with Crippen LogP contribution in [0, 0.1) is 0 Å². The quantitative estimate of drug-likeness (QED) is 0.775. The molecule has 0 saturated heterocycles. The van der Waals surface area contributed by atoms with Crippen molar-refractivity contribution < 1.29 is 9.53 Å². The molecule has 1 aliphatic heterocycles. The summed E-state index contributed by atoms with van der Waals surface area (Å²) in [6.45, 7) is 3.78. The Labute approximate surface area is 140 Å². The average Bonchev–Trinajstić information content (AvgIpc) is 2.80. The van der Waals surface area contributed by atoms with Gasteiger partial charge in [0, 0.05) is 5.56 Å². The van der Waals surface area contributed by atoms with Crippen LogP contribution >= 0.6 is 11.6 Å². The third kappa shape index (κ3) is 3.06. The molecule has 0 spiro atoms. The van der Waals surface area contributed by atoms with Gasteiger partial charge in [-0.05, 0) is 26.0 Å². The summed E-state index contributed by atoms with van der Waals surface area (Å²) < 4.78 is 5.59. The molecule has 3 nitrogen and oxygen atoms in total. The lowest BCUT2D eigenvalue weighted by atomic mass is 10.1. The zero-order valence-electron chi connectivity index (χ0n) is 12.9. The molecule has 0 saturated carbocycles. The number of carbonyl (C=O) groups is 1. The van der Waals surface area contributed by atoms with E-state index in [9.17, 15) is 4.79 Å². The van der Waals surface area contributed by atoms with Gasteiger partial charge in [0.1, 0.15) is 5.71 Å². The van der Waals surface area contributed by atoms with E-state index in [1.165, 1.54) is 0 Å². The molecule has 4 heteroatoms. The zero-order chi connectivity index (χ0) is 16.4. The van der Waals surface area contributed by atoms with Gasteiger partial charge < -0.3 is 4.74 Å². The van der Waals surface area contributed by atoms with E-state index >= 15 is 0 Å². The van der Waals surface area contributed by atoms with Gasteiger partial charge >= 0.3 is 5.97 Å². The van der Waals surface area contributed by atoms with Crippen LogP contribution in [0.25, 0.3) is 0 Å². The Morgan fingerprint density at radius 1 is 1.00 bits per heavy atom. The normalized spacial score (nSPS) is 16.2. The molecule has 0 N–H and O–H groups in total. The summed E-state index contributed by atoms with van der Waals surface area (Å²) in [5.41, 5.74) is 1.33. The monoisotopic (exact) mass is 325 g/mol. The number of nitrogens with zero attached hydrogens (tertiary/aromatic N) is 1. The van der Waals surface area contributed by atoms with Crippen LogP contribution in [0.2, 0.25) is 0 Å². The highest BCUT2D eigenvalue weighted by Gasteiger charge is 2.36. The van der Waals surface area contributed by atoms with E-state index in [2.05, 4.69) is 4.99 Å². The van der Waals surface area contributed by atoms with Crippen molar-refractivity contribution >= 4 is 23.3 Å². The lowest BCUT2D eigenvalue weighted by Gasteiger charge is -2.13. The lowest BCUT2D eigenvalue weighted by Crippen LogP contribution is -2.14. The van der Waals surface area contributed by atoms with E-state index in [1.54, 1.807) is 24.3 Å². The van der Waals surface area contributed by atoms with Gasteiger partial charge in [-0.2, -0.15) is 0 Å². The number of esters is 1. The maximum Gasteiger partial charge on any atom is 0.343 e. The van der Waals surface area contributed by atoms with Gasteiger partial charge in [-0.25, -0.2) is 4.79 Å². The maximum atomic E-state index is 12.4. The minimum absolute atomic E-state index is 0.330. The van der Waals surface area contributed by atoms with Gasteiger partial charge in [0.2, 0.25) is 0 Å². The zero-order valence-corrected chi connectivity index (χ0v) is 13.7. The van der Waals surface area contributed by atoms with Crippen molar-refractivity contribution in [2.75, 3.05) is 0 Å². The lowest BCUT2D eigenvalue weighted by molar-refractivity contribution is 0.0643. The molecule has 1 aliphatic rings. The fraction of sp³-hybridized carbons (Fsp3) is 0.158. The highest BCUT2D eigenvalue weighted by Crippen LogP contribution is 2.37. The molecule has 116 valence electrons. The molecule has 0 aromatic heterocycles. The Balaban J connectivity index is 1.97. The van der Waals surface area contributed by atoms with Gasteiger partial charge in [0.05, 0.1) is 16.1 Å². The highest BCUT2D eigenvalue weighted by molar-refractivity contribution is 6.36. The van der Waals surface area contributed by atoms with Crippen LogP contribution in [0.15, 0.2) is 76.4 Å². The van der Waals surface area contributed by atoms with E-state index in [0.29, 0.717) is 22.1 Å². The minimum atomic E-state index is -0.612. The third-order valence-electron chi connectivity index (χ3n) is 3.59. The summed E-state index contributed by atoms with van der Waals surface area (Å²) >= 11 is 6.43. The number of rotatable bonds is 3. The second-order valence-electron chi connectivity index (χ2n) is 5.78. The van der Waals surface area contributed by atoms with E-state index in [1.807, 2.05) is 50.2 Å². The predicted molar refractivity (Wildman–Crippen MR) is 91.8 cm³/mol. The molecule has 0 atom stereocenters. The smallest absolute Gasteiger partial charge is 0.343 e. The number of hydrogen-bond donors (Lipinski definition) is 0. The van der Waals surface area contributed by atoms with Gasteiger partial charge in [-0.3, -0.25) is 4.99 Å². The van der Waals surface area contributed by atoms with Crippen LogP contribution in [0.1, 0.15) is 29.8 Å². The molecule has 23 heavy (non-hydrogen) atoms. The first-order valence-corrected chi connectivity index (χ1v) is 7.70. The highest BCUT2D eigenvalue weighted by atomic mass is 35.5. The first-order chi connectivity index (χ1) is 11.0. The third-order valence-corrected chi connectivity index (χ3v) is 4.23. The van der Waals surface area contributed by atoms with Crippen LogP contribution < -0.4 is 0 Å². The first kappa shape index (κ1) is 15.5. The molecule has 2 aromatic carbocycles. The Kier molecular flexibility index (Phi) is 4.05. The molecule has 0 bridgehead atoms. The molecule has 0 amide bonds. The largest absolute Gasteiger partial charge is 0.419 e. The standard InChI is InChI=1S/C19H16ClNO2/c1-19(2)17(20)16(15(21-19)13-9-5-3-6-10-13)23-18(22)14-11-7-4-8-12-14/h3-12H,1-2H3. The topological polar surface area (TPSA) is 38.7 Å². The second-order valence-corrected chi connectivity index (χ2v) is 6.16. The summed E-state index contributed by atoms with van der Waals surface area (Å²) in [7, 11) is 0. The van der Waals surface area contributed by atoms with Crippen molar-refractivity contribution in [2.24, 2.45) is 4.99 Å². The number of allylic oxidation sites excluding steroid dienone is 1. The summed E-state index contributed by atoms with van der Waals surface area (Å²) in [6.07, 6.45) is 0. The van der Waals surface area contributed by atoms with Gasteiger partial charge in [0.25, 0.3) is 0 Å². The summed E-state index contributed by atoms with van der Waals surface area (Å²) in [6, 6.07) is 18.4. The van der Waals surface area contributed by atoms with Gasteiger partial charge in [-0.1, -0.05) is 60.1 Å². The van der Waals surface area contributed by atoms with Crippen LogP contribution in [-0.2, 0) is 4.74 Å². The van der Waals surface area contributed by atoms with E-state index in [-0.39, 0.29) is 0 Å². The van der Waals surface area contributed by atoms with Crippen molar-refractivity contribution in [3.05, 3.63) is 82.6 Å². The summed E-state index contributed by atoms with van der Waals surface area (Å²) in [5, 5.41) is 0.431. The fourth-order valence-corrected chi connectivity index (χ4v) is 2.54. The maximum absolute atomic E-state index is 12.4. The molecular weight excluding hydrogens is 310 g/mol. The van der Waals surface area contributed by atoms with Crippen LogP contribution in [0.4, 0.5) is 0 Å². The minimum Gasteiger partial charge on any atom is -0.419 e. The van der Waals surface area contributed by atoms with Crippen molar-refractivity contribution in [3.63, 3.8) is 0 Å². The molecule has 0 fully saturated rings. The Bertz CT molecular complexity index is 793. The van der Waals surface area contributed by atoms with Crippen molar-refractivity contribution in [3.8, 4) is 0 Å². The first-order valence-electron chi connectivity index (χ1n) is 7.32. The molecule has 0 aliphatic carbocycles. The van der Waals surface area contributed by atoms with Crippen molar-refractivity contribution in [1.29, 1.82) is 0 Å². The number of ether oxygens (including phenoxy) is 1. The number of carbonyl (C=O) groups excluding carboxylic acids is 1. The van der Waals surface area contributed by atoms with Crippen molar-refractivity contribution in [2.45, 2.75) is 19.4 Å². The number of aliphatic imine (C=N–C) groups is 1. The Morgan fingerprint density at radius 3 is 2.17 bits per heavy atom. The van der Waals surface area contributed by atoms with Gasteiger partial charge in [0.15, 0.2) is 5.76 Å². The van der Waals surface area contributed by atoms with E-state index in [0.717, 1.165) is 5.56 Å². The number of hydrogen-bond acceptors (Lipinski definition) is 3. The van der Waals surface area contributed by atoms with Crippen LogP contribution in [0.5, 0.6) is 0 Å². The molecule has 1 heterocycles. The Hall–Kier alpha value is -2.39. The number of benzene rings is 2. The molecule has 0 unspecified atom stereocenters. The summed E-state index contributed by atoms with van der Waals surface area (Å²) in [4.78, 5) is 17.0. The van der Waals surface area contributed by atoms with E-state index < -0.39 is 11.5 Å². The van der Waals surface area contributed by atoms with E-state index in [4.69, 9.17) is 16.3 Å². The van der Waals surface area contributed by atoms with Crippen LogP contribution in [-0.4, -0.2) is 17.2 Å². The summed E-state index contributed by atoms with van der Waals surface area (Å²) in [5.74, 6) is -0.114. The van der Waals surface area contributed by atoms with Crippen LogP contribution in [0.3, 0.4) is 0 Å². The molecule has 3 rings (SSSR count). The SMILES string of the molecule is CC1(C)N=C(c2ccccc2)C(OC(=O)c2ccccc2)=C1Cl. The Morgan fingerprint density at radius 2 is 1.57 bits per heavy atom. The molecular formula is C19H16ClNO2. The second kappa shape index (κ2) is 6.01. The van der Waals surface area contributed by atoms with Crippen molar-refractivity contribution in [1.82, 2.24) is 0 Å². The predicted octanol–water partition coefficient (Wildman–Crippen LogP) is 4.58. The van der Waals surface area contributed by atoms with Gasteiger partial charge in [-0.15, -0.1) is 0 Å².